The zero-order valence-corrected chi connectivity index (χ0v) is 11.2. The van der Waals surface area contributed by atoms with Crippen molar-refractivity contribution in [1.29, 1.82) is 5.26 Å². The van der Waals surface area contributed by atoms with Crippen molar-refractivity contribution in [3.8, 4) is 6.07 Å². The molecule has 0 heterocycles. The van der Waals surface area contributed by atoms with E-state index in [9.17, 15) is 4.79 Å². The first-order chi connectivity index (χ1) is 8.62. The smallest absolute Gasteiger partial charge is 0.325 e. The molecule has 1 aromatic rings. The van der Waals surface area contributed by atoms with Gasteiger partial charge in [-0.2, -0.15) is 5.26 Å². The van der Waals surface area contributed by atoms with E-state index in [0.717, 1.165) is 0 Å². The maximum Gasteiger partial charge on any atom is 0.325 e. The number of esters is 1. The average molecular weight is 267 g/mol. The normalized spacial score (nSPS) is 9.67. The van der Waals surface area contributed by atoms with Gasteiger partial charge in [0, 0.05) is 11.6 Å². The highest BCUT2D eigenvalue weighted by molar-refractivity contribution is 6.30. The van der Waals surface area contributed by atoms with Gasteiger partial charge in [-0.1, -0.05) is 11.6 Å². The standard InChI is InChI=1S/C13H15ClN2O2/c1-3-16(9-13(17)18-4-2)12-7-11(14)6-5-10(12)8-15/h5-7H,3-4,9H2,1-2H3. The molecule has 0 radical (unpaired) electrons. The summed E-state index contributed by atoms with van der Waals surface area (Å²) >= 11 is 5.92. The van der Waals surface area contributed by atoms with E-state index in [2.05, 4.69) is 6.07 Å². The lowest BCUT2D eigenvalue weighted by atomic mass is 10.1. The Bertz CT molecular complexity index is 469. The number of rotatable bonds is 5. The third kappa shape index (κ3) is 3.64. The van der Waals surface area contributed by atoms with Crippen molar-refractivity contribution in [1.82, 2.24) is 0 Å². The lowest BCUT2D eigenvalue weighted by molar-refractivity contribution is -0.141. The molecule has 1 rings (SSSR count). The summed E-state index contributed by atoms with van der Waals surface area (Å²) < 4.78 is 4.90. The van der Waals surface area contributed by atoms with Gasteiger partial charge >= 0.3 is 5.97 Å². The summed E-state index contributed by atoms with van der Waals surface area (Å²) in [5.41, 5.74) is 1.14. The first-order valence-electron chi connectivity index (χ1n) is 5.72. The third-order valence-corrected chi connectivity index (χ3v) is 2.66. The van der Waals surface area contributed by atoms with Gasteiger partial charge < -0.3 is 9.64 Å². The van der Waals surface area contributed by atoms with E-state index in [0.29, 0.717) is 29.4 Å². The summed E-state index contributed by atoms with van der Waals surface area (Å²) in [6.45, 7) is 4.71. The maximum atomic E-state index is 11.5. The van der Waals surface area contributed by atoms with Gasteiger partial charge in [-0.05, 0) is 32.0 Å². The summed E-state index contributed by atoms with van der Waals surface area (Å²) in [6.07, 6.45) is 0. The van der Waals surface area contributed by atoms with E-state index in [1.165, 1.54) is 0 Å². The van der Waals surface area contributed by atoms with Crippen LogP contribution >= 0.6 is 11.6 Å². The molecule has 0 aromatic heterocycles. The number of anilines is 1. The van der Waals surface area contributed by atoms with Crippen molar-refractivity contribution in [2.24, 2.45) is 0 Å². The first-order valence-corrected chi connectivity index (χ1v) is 6.10. The number of carbonyl (C=O) groups excluding carboxylic acids is 1. The number of nitrogens with zero attached hydrogens (tertiary/aromatic N) is 2. The fourth-order valence-corrected chi connectivity index (χ4v) is 1.76. The van der Waals surface area contributed by atoms with E-state index in [4.69, 9.17) is 21.6 Å². The number of halogens is 1. The number of nitriles is 1. The molecule has 0 unspecified atom stereocenters. The minimum atomic E-state index is -0.316. The Hall–Kier alpha value is -1.73. The van der Waals surface area contributed by atoms with Crippen LogP contribution in [0.15, 0.2) is 18.2 Å². The van der Waals surface area contributed by atoms with Crippen molar-refractivity contribution < 1.29 is 9.53 Å². The minimum Gasteiger partial charge on any atom is -0.465 e. The average Bonchev–Trinajstić information content (AvgIpc) is 2.36. The molecule has 4 nitrogen and oxygen atoms in total. The molecule has 1 aromatic carbocycles. The molecule has 0 amide bonds. The first kappa shape index (κ1) is 14.3. The van der Waals surface area contributed by atoms with Crippen LogP contribution in [0.2, 0.25) is 5.02 Å². The lowest BCUT2D eigenvalue weighted by Crippen LogP contribution is -2.31. The molecule has 0 spiro atoms. The van der Waals surface area contributed by atoms with Crippen molar-refractivity contribution in [2.45, 2.75) is 13.8 Å². The number of carbonyl (C=O) groups is 1. The van der Waals surface area contributed by atoms with Crippen LogP contribution in [0.4, 0.5) is 5.69 Å². The molecule has 0 aliphatic heterocycles. The quantitative estimate of drug-likeness (QED) is 0.769. The van der Waals surface area contributed by atoms with Gasteiger partial charge in [0.25, 0.3) is 0 Å². The zero-order chi connectivity index (χ0) is 13.5. The van der Waals surface area contributed by atoms with E-state index in [-0.39, 0.29) is 12.5 Å². The van der Waals surface area contributed by atoms with Crippen LogP contribution < -0.4 is 4.90 Å². The Kier molecular flexibility index (Phi) is 5.47. The highest BCUT2D eigenvalue weighted by Gasteiger charge is 2.14. The molecule has 0 N–H and O–H groups in total. The van der Waals surface area contributed by atoms with E-state index >= 15 is 0 Å². The molecule has 96 valence electrons. The Labute approximate surface area is 112 Å². The van der Waals surface area contributed by atoms with Crippen LogP contribution in [-0.4, -0.2) is 25.7 Å². The van der Waals surface area contributed by atoms with E-state index < -0.39 is 0 Å². The van der Waals surface area contributed by atoms with Crippen molar-refractivity contribution in [2.75, 3.05) is 24.6 Å². The highest BCUT2D eigenvalue weighted by Crippen LogP contribution is 2.24. The Balaban J connectivity index is 2.98. The molecular formula is C13H15ClN2O2. The van der Waals surface area contributed by atoms with Gasteiger partial charge in [-0.15, -0.1) is 0 Å². The molecule has 0 fully saturated rings. The molecule has 0 saturated heterocycles. The number of benzene rings is 1. The fourth-order valence-electron chi connectivity index (χ4n) is 1.59. The van der Waals surface area contributed by atoms with Gasteiger partial charge in [0.2, 0.25) is 0 Å². The summed E-state index contributed by atoms with van der Waals surface area (Å²) in [5, 5.41) is 9.59. The number of hydrogen-bond donors (Lipinski definition) is 0. The van der Waals surface area contributed by atoms with Gasteiger partial charge in [0.1, 0.15) is 12.6 Å². The van der Waals surface area contributed by atoms with Crippen molar-refractivity contribution >= 4 is 23.3 Å². The summed E-state index contributed by atoms with van der Waals surface area (Å²) in [5.74, 6) is -0.316. The molecule has 0 aliphatic rings. The number of hydrogen-bond acceptors (Lipinski definition) is 4. The second kappa shape index (κ2) is 6.87. The molecule has 0 bridgehead atoms. The van der Waals surface area contributed by atoms with Gasteiger partial charge in [0.15, 0.2) is 0 Å². The second-order valence-corrected chi connectivity index (χ2v) is 4.03. The lowest BCUT2D eigenvalue weighted by Gasteiger charge is -2.23. The molecule has 5 heteroatoms. The van der Waals surface area contributed by atoms with Crippen LogP contribution in [0.1, 0.15) is 19.4 Å². The molecule has 0 aliphatic carbocycles. The molecule has 0 saturated carbocycles. The summed E-state index contributed by atoms with van der Waals surface area (Å²) in [6, 6.07) is 7.07. The predicted octanol–water partition coefficient (Wildman–Crippen LogP) is 2.60. The van der Waals surface area contributed by atoms with Gasteiger partial charge in [-0.25, -0.2) is 0 Å². The maximum absolute atomic E-state index is 11.5. The largest absolute Gasteiger partial charge is 0.465 e. The second-order valence-electron chi connectivity index (χ2n) is 3.59. The molecule has 0 atom stereocenters. The zero-order valence-electron chi connectivity index (χ0n) is 10.4. The number of ether oxygens (including phenoxy) is 1. The highest BCUT2D eigenvalue weighted by atomic mass is 35.5. The van der Waals surface area contributed by atoms with Crippen molar-refractivity contribution in [3.63, 3.8) is 0 Å². The SMILES string of the molecule is CCOC(=O)CN(CC)c1cc(Cl)ccc1C#N. The number of likely N-dealkylation sites (N-methyl/N-ethyl adjacent to an activating group) is 1. The summed E-state index contributed by atoms with van der Waals surface area (Å²) in [4.78, 5) is 13.3. The monoisotopic (exact) mass is 266 g/mol. The summed E-state index contributed by atoms with van der Waals surface area (Å²) in [7, 11) is 0. The van der Waals surface area contributed by atoms with Crippen LogP contribution in [0, 0.1) is 11.3 Å². The van der Waals surface area contributed by atoms with Crippen LogP contribution in [0.3, 0.4) is 0 Å². The van der Waals surface area contributed by atoms with Crippen LogP contribution in [-0.2, 0) is 9.53 Å². The third-order valence-electron chi connectivity index (χ3n) is 2.43. The minimum absolute atomic E-state index is 0.110. The van der Waals surface area contributed by atoms with Crippen LogP contribution in [0.5, 0.6) is 0 Å². The Morgan fingerprint density at radius 2 is 2.22 bits per heavy atom. The van der Waals surface area contributed by atoms with Gasteiger partial charge in [0.05, 0.1) is 17.9 Å². The Morgan fingerprint density at radius 1 is 1.50 bits per heavy atom. The Morgan fingerprint density at radius 3 is 2.78 bits per heavy atom. The van der Waals surface area contributed by atoms with E-state index in [1.807, 2.05) is 6.92 Å². The van der Waals surface area contributed by atoms with Crippen molar-refractivity contribution in [3.05, 3.63) is 28.8 Å². The predicted molar refractivity (Wildman–Crippen MR) is 70.7 cm³/mol. The fraction of sp³-hybridized carbons (Fsp3) is 0.385. The van der Waals surface area contributed by atoms with Crippen LogP contribution in [0.25, 0.3) is 0 Å². The molecular weight excluding hydrogens is 252 g/mol. The van der Waals surface area contributed by atoms with Gasteiger partial charge in [-0.3, -0.25) is 4.79 Å². The van der Waals surface area contributed by atoms with E-state index in [1.54, 1.807) is 30.0 Å². The molecule has 18 heavy (non-hydrogen) atoms. The topological polar surface area (TPSA) is 53.3 Å².